The largest absolute Gasteiger partial charge is 0.338 e. The first-order valence-corrected chi connectivity index (χ1v) is 9.26. The highest BCUT2D eigenvalue weighted by atomic mass is 32.2. The lowest BCUT2D eigenvalue weighted by Crippen LogP contribution is -2.14. The summed E-state index contributed by atoms with van der Waals surface area (Å²) >= 11 is 1.33. The van der Waals surface area contributed by atoms with Crippen molar-refractivity contribution in [1.29, 1.82) is 0 Å². The van der Waals surface area contributed by atoms with Crippen molar-refractivity contribution in [2.45, 2.75) is 5.03 Å². The first-order chi connectivity index (χ1) is 13.2. The molecule has 0 unspecified atom stereocenters. The number of H-pyrrole nitrogens is 1. The molecule has 0 aliphatic carbocycles. The third-order valence-corrected chi connectivity index (χ3v) is 4.89. The second-order valence-electron chi connectivity index (χ2n) is 5.80. The quantitative estimate of drug-likeness (QED) is 0.502. The average Bonchev–Trinajstić information content (AvgIpc) is 3.12. The zero-order valence-electron chi connectivity index (χ0n) is 14.1. The number of carbonyl (C=O) groups excluding carboxylic acids is 1. The number of para-hydroxylation sites is 2. The molecule has 0 spiro atoms. The number of aromatic amines is 1. The number of anilines is 1. The van der Waals surface area contributed by atoms with Crippen LogP contribution in [0.15, 0.2) is 71.9 Å². The van der Waals surface area contributed by atoms with Crippen molar-refractivity contribution in [3.8, 4) is 11.4 Å². The molecule has 0 saturated carbocycles. The van der Waals surface area contributed by atoms with Crippen molar-refractivity contribution in [3.05, 3.63) is 72.7 Å². The number of amides is 1. The zero-order chi connectivity index (χ0) is 18.6. The van der Waals surface area contributed by atoms with Gasteiger partial charge in [-0.3, -0.25) is 4.79 Å². The van der Waals surface area contributed by atoms with Gasteiger partial charge in [-0.25, -0.2) is 14.4 Å². The summed E-state index contributed by atoms with van der Waals surface area (Å²) in [5, 5.41) is 3.46. The van der Waals surface area contributed by atoms with E-state index in [2.05, 4.69) is 20.3 Å². The predicted octanol–water partition coefficient (Wildman–Crippen LogP) is 4.49. The highest BCUT2D eigenvalue weighted by molar-refractivity contribution is 8.00. The van der Waals surface area contributed by atoms with E-state index in [1.807, 2.05) is 36.4 Å². The Hall–Kier alpha value is -3.19. The lowest BCUT2D eigenvalue weighted by Gasteiger charge is -2.07. The Kier molecular flexibility index (Phi) is 4.84. The minimum absolute atomic E-state index is 0.182. The summed E-state index contributed by atoms with van der Waals surface area (Å²) < 4.78 is 12.9. The first-order valence-electron chi connectivity index (χ1n) is 8.27. The van der Waals surface area contributed by atoms with Gasteiger partial charge >= 0.3 is 0 Å². The number of aromatic nitrogens is 3. The Morgan fingerprint density at radius 1 is 1.07 bits per heavy atom. The van der Waals surface area contributed by atoms with Gasteiger partial charge < -0.3 is 10.3 Å². The molecule has 1 amide bonds. The van der Waals surface area contributed by atoms with E-state index >= 15 is 0 Å². The number of hydrogen-bond donors (Lipinski definition) is 2. The lowest BCUT2D eigenvalue weighted by molar-refractivity contribution is -0.113. The van der Waals surface area contributed by atoms with Crippen molar-refractivity contribution < 1.29 is 9.18 Å². The van der Waals surface area contributed by atoms with E-state index in [9.17, 15) is 9.18 Å². The summed E-state index contributed by atoms with van der Waals surface area (Å²) in [6.07, 6.45) is 1.69. The smallest absolute Gasteiger partial charge is 0.234 e. The molecule has 2 heterocycles. The van der Waals surface area contributed by atoms with Gasteiger partial charge in [-0.15, -0.1) is 0 Å². The molecule has 7 heteroatoms. The maximum atomic E-state index is 12.9. The second-order valence-corrected chi connectivity index (χ2v) is 6.77. The number of rotatable bonds is 5. The van der Waals surface area contributed by atoms with E-state index in [4.69, 9.17) is 0 Å². The molecule has 2 aromatic heterocycles. The van der Waals surface area contributed by atoms with Gasteiger partial charge in [0.25, 0.3) is 0 Å². The van der Waals surface area contributed by atoms with Crippen molar-refractivity contribution in [2.75, 3.05) is 11.1 Å². The molecular formula is C20H15FN4OS. The average molecular weight is 378 g/mol. The molecule has 134 valence electrons. The predicted molar refractivity (Wildman–Crippen MR) is 105 cm³/mol. The van der Waals surface area contributed by atoms with E-state index < -0.39 is 0 Å². The van der Waals surface area contributed by atoms with Gasteiger partial charge in [0.2, 0.25) is 5.91 Å². The Morgan fingerprint density at radius 2 is 1.89 bits per heavy atom. The van der Waals surface area contributed by atoms with Gasteiger partial charge in [-0.1, -0.05) is 23.9 Å². The number of nitrogens with one attached hydrogen (secondary N) is 2. The van der Waals surface area contributed by atoms with Gasteiger partial charge in [0, 0.05) is 17.4 Å². The fourth-order valence-corrected chi connectivity index (χ4v) is 3.43. The van der Waals surface area contributed by atoms with E-state index in [0.29, 0.717) is 16.5 Å². The Bertz CT molecular complexity index is 1060. The number of benzene rings is 2. The molecule has 0 bridgehead atoms. The highest BCUT2D eigenvalue weighted by Gasteiger charge is 2.13. The van der Waals surface area contributed by atoms with Crippen LogP contribution in [-0.2, 0) is 4.79 Å². The number of halogens is 1. The van der Waals surface area contributed by atoms with Crippen molar-refractivity contribution in [2.24, 2.45) is 0 Å². The summed E-state index contributed by atoms with van der Waals surface area (Å²) in [6, 6.07) is 17.2. The fraction of sp³-hybridized carbons (Fsp3) is 0.0500. The van der Waals surface area contributed by atoms with E-state index in [0.717, 1.165) is 16.6 Å². The topological polar surface area (TPSA) is 70.7 Å². The number of nitrogens with zero attached hydrogens (tertiary/aromatic N) is 2. The Balaban J connectivity index is 1.49. The lowest BCUT2D eigenvalue weighted by atomic mass is 10.3. The Labute approximate surface area is 159 Å². The number of imidazole rings is 1. The summed E-state index contributed by atoms with van der Waals surface area (Å²) in [6.45, 7) is 0. The molecule has 0 saturated heterocycles. The van der Waals surface area contributed by atoms with Crippen molar-refractivity contribution in [3.63, 3.8) is 0 Å². The molecule has 2 N–H and O–H groups in total. The first kappa shape index (κ1) is 17.2. The highest BCUT2D eigenvalue weighted by Crippen LogP contribution is 2.29. The van der Waals surface area contributed by atoms with Crippen LogP contribution in [0, 0.1) is 5.82 Å². The van der Waals surface area contributed by atoms with Crippen molar-refractivity contribution >= 4 is 34.4 Å². The van der Waals surface area contributed by atoms with Gasteiger partial charge in [0.05, 0.1) is 16.8 Å². The Morgan fingerprint density at radius 3 is 2.70 bits per heavy atom. The minimum atomic E-state index is -0.341. The van der Waals surface area contributed by atoms with Crippen LogP contribution >= 0.6 is 11.8 Å². The van der Waals surface area contributed by atoms with Gasteiger partial charge in [0.1, 0.15) is 16.7 Å². The molecular weight excluding hydrogens is 363 g/mol. The normalized spacial score (nSPS) is 10.9. The van der Waals surface area contributed by atoms with E-state index in [-0.39, 0.29) is 17.5 Å². The number of fused-ring (bicyclic) bond motifs is 1. The van der Waals surface area contributed by atoms with Crippen LogP contribution < -0.4 is 5.32 Å². The molecule has 5 nitrogen and oxygen atoms in total. The molecule has 0 fully saturated rings. The molecule has 27 heavy (non-hydrogen) atoms. The van der Waals surface area contributed by atoms with Gasteiger partial charge in [-0.2, -0.15) is 0 Å². The van der Waals surface area contributed by atoms with Crippen LogP contribution in [0.2, 0.25) is 0 Å². The molecule has 0 aliphatic rings. The maximum absolute atomic E-state index is 12.9. The monoisotopic (exact) mass is 378 g/mol. The maximum Gasteiger partial charge on any atom is 0.234 e. The number of pyridine rings is 1. The van der Waals surface area contributed by atoms with Crippen LogP contribution in [-0.4, -0.2) is 26.6 Å². The van der Waals surface area contributed by atoms with Crippen LogP contribution in [0.3, 0.4) is 0 Å². The number of thioether (sulfide) groups is 1. The van der Waals surface area contributed by atoms with Crippen LogP contribution in [0.25, 0.3) is 22.4 Å². The standard InChI is InChI=1S/C20H15FN4OS/c21-13-7-9-14(10-8-13)23-18(26)12-27-20-15(4-3-11-22-20)19-24-16-5-1-2-6-17(16)25-19/h1-11H,12H2,(H,23,26)(H,24,25). The summed E-state index contributed by atoms with van der Waals surface area (Å²) in [7, 11) is 0. The zero-order valence-corrected chi connectivity index (χ0v) is 15.0. The molecule has 2 aromatic carbocycles. The van der Waals surface area contributed by atoms with E-state index in [1.54, 1.807) is 6.20 Å². The molecule has 0 radical (unpaired) electrons. The number of carbonyl (C=O) groups is 1. The molecule has 4 aromatic rings. The van der Waals surface area contributed by atoms with Crippen LogP contribution in [0.5, 0.6) is 0 Å². The summed E-state index contributed by atoms with van der Waals surface area (Å²) in [5.41, 5.74) is 3.22. The summed E-state index contributed by atoms with van der Waals surface area (Å²) in [4.78, 5) is 24.5. The van der Waals surface area contributed by atoms with E-state index in [1.165, 1.54) is 36.0 Å². The third kappa shape index (κ3) is 3.98. The second kappa shape index (κ2) is 7.59. The minimum Gasteiger partial charge on any atom is -0.338 e. The number of hydrogen-bond acceptors (Lipinski definition) is 4. The molecule has 0 aliphatic heterocycles. The molecule has 4 rings (SSSR count). The summed E-state index contributed by atoms with van der Waals surface area (Å²) in [5.74, 6) is 0.367. The van der Waals surface area contributed by atoms with Gasteiger partial charge in [0.15, 0.2) is 0 Å². The van der Waals surface area contributed by atoms with Crippen LogP contribution in [0.1, 0.15) is 0 Å². The SMILES string of the molecule is O=C(CSc1ncccc1-c1nc2ccccc2[nH]1)Nc1ccc(F)cc1. The molecule has 0 atom stereocenters. The van der Waals surface area contributed by atoms with Gasteiger partial charge in [-0.05, 0) is 48.5 Å². The van der Waals surface area contributed by atoms with Crippen molar-refractivity contribution in [1.82, 2.24) is 15.0 Å². The fourth-order valence-electron chi connectivity index (χ4n) is 2.63. The van der Waals surface area contributed by atoms with Crippen LogP contribution in [0.4, 0.5) is 10.1 Å². The third-order valence-electron chi connectivity index (χ3n) is 3.88.